The van der Waals surface area contributed by atoms with Gasteiger partial charge in [-0.15, -0.1) is 9.24 Å². The summed E-state index contributed by atoms with van der Waals surface area (Å²) < 4.78 is 19.6. The number of halogens is 1. The van der Waals surface area contributed by atoms with Gasteiger partial charge < -0.3 is 10.1 Å². The van der Waals surface area contributed by atoms with E-state index in [1.54, 1.807) is 12.1 Å². The Bertz CT molecular complexity index is 879. The molecule has 0 aliphatic heterocycles. The molecule has 0 fully saturated rings. The Morgan fingerprint density at radius 2 is 2.23 bits per heavy atom. The number of ether oxygens (including phenoxy) is 1. The Labute approximate surface area is 183 Å². The molecule has 0 bridgehead atoms. The van der Waals surface area contributed by atoms with E-state index in [4.69, 9.17) is 10.00 Å². The van der Waals surface area contributed by atoms with Crippen LogP contribution in [0.15, 0.2) is 59.6 Å². The lowest BCUT2D eigenvalue weighted by Gasteiger charge is -2.25. The van der Waals surface area contributed by atoms with E-state index in [-0.39, 0.29) is 6.04 Å². The van der Waals surface area contributed by atoms with Gasteiger partial charge in [0.25, 0.3) is 0 Å². The third-order valence-corrected chi connectivity index (χ3v) is 5.58. The van der Waals surface area contributed by atoms with Gasteiger partial charge in [0.1, 0.15) is 20.2 Å². The van der Waals surface area contributed by atoms with Crippen molar-refractivity contribution in [3.63, 3.8) is 0 Å². The molecule has 1 aliphatic rings. The van der Waals surface area contributed by atoms with E-state index in [0.29, 0.717) is 25.3 Å². The first-order chi connectivity index (χ1) is 14.4. The summed E-state index contributed by atoms with van der Waals surface area (Å²) in [4.78, 5) is 3.90. The number of rotatable bonds is 12. The maximum atomic E-state index is 13.5. The SMILES string of the molecule is BC1=C(OCC(=C)[C@H](CCCCBC#N)NC(=C)c2cccc(F)n2)C(P)=CCC1. The van der Waals surface area contributed by atoms with Crippen LogP contribution < -0.4 is 5.32 Å². The van der Waals surface area contributed by atoms with Gasteiger partial charge in [0.15, 0.2) is 0 Å². The summed E-state index contributed by atoms with van der Waals surface area (Å²) in [6, 6.07) is 4.57. The maximum Gasteiger partial charge on any atom is 0.250 e. The number of hydrogen-bond acceptors (Lipinski definition) is 4. The number of aromatic nitrogens is 1. The van der Waals surface area contributed by atoms with Crippen LogP contribution in [-0.2, 0) is 4.74 Å². The van der Waals surface area contributed by atoms with Crippen molar-refractivity contribution in [1.82, 2.24) is 10.3 Å². The summed E-state index contributed by atoms with van der Waals surface area (Å²) in [7, 11) is 5.40. The molecule has 30 heavy (non-hydrogen) atoms. The van der Waals surface area contributed by atoms with Gasteiger partial charge in [-0.25, -0.2) is 10.2 Å². The van der Waals surface area contributed by atoms with Crippen LogP contribution in [0.5, 0.6) is 0 Å². The summed E-state index contributed by atoms with van der Waals surface area (Å²) in [6.07, 6.45) is 7.81. The molecule has 0 amide bonds. The van der Waals surface area contributed by atoms with Crippen molar-refractivity contribution in [1.29, 1.82) is 5.26 Å². The fourth-order valence-electron chi connectivity index (χ4n) is 3.34. The summed E-state index contributed by atoms with van der Waals surface area (Å²) in [5.74, 6) is 2.56. The predicted octanol–water partition coefficient (Wildman–Crippen LogP) is 3.63. The van der Waals surface area contributed by atoms with Crippen LogP contribution in [0.2, 0.25) is 6.32 Å². The molecule has 1 heterocycles. The number of nitrogens with zero attached hydrogens (tertiary/aromatic N) is 2. The van der Waals surface area contributed by atoms with Crippen molar-refractivity contribution in [3.05, 3.63) is 71.2 Å². The second-order valence-electron chi connectivity index (χ2n) is 7.53. The van der Waals surface area contributed by atoms with Crippen LogP contribution in [-0.4, -0.2) is 32.8 Å². The number of hydrogen-bond donors (Lipinski definition) is 1. The third kappa shape index (κ3) is 7.50. The lowest BCUT2D eigenvalue weighted by atomic mass is 9.75. The number of nitrogens with one attached hydrogen (secondary N) is 1. The molecular weight excluding hydrogens is 394 g/mol. The monoisotopic (exact) mass is 423 g/mol. The van der Waals surface area contributed by atoms with Gasteiger partial charge in [-0.2, -0.15) is 4.39 Å². The molecule has 0 saturated heterocycles. The Balaban J connectivity index is 2.02. The molecule has 0 radical (unpaired) electrons. The number of pyridine rings is 1. The molecule has 0 saturated carbocycles. The normalized spacial score (nSPS) is 14.4. The van der Waals surface area contributed by atoms with Crippen LogP contribution >= 0.6 is 9.24 Å². The van der Waals surface area contributed by atoms with E-state index < -0.39 is 5.95 Å². The Morgan fingerprint density at radius 3 is 2.93 bits per heavy atom. The highest BCUT2D eigenvalue weighted by Crippen LogP contribution is 2.29. The topological polar surface area (TPSA) is 57.9 Å². The smallest absolute Gasteiger partial charge is 0.250 e. The predicted molar refractivity (Wildman–Crippen MR) is 129 cm³/mol. The molecule has 8 heteroatoms. The molecule has 4 nitrogen and oxygen atoms in total. The highest BCUT2D eigenvalue weighted by molar-refractivity contribution is 7.23. The standard InChI is InChI=1S/C22H29B2FN3OP/c1-15(13-29-22-17(23)7-5-10-20(22)30)18(8-3-4-12-24-14-26)27-16(2)19-9-6-11-21(25)28-19/h6,9-11,18,24,27H,1-5,7-8,12-13,23,30H2/t18-/m0/s1. The van der Waals surface area contributed by atoms with Crippen LogP contribution in [0.25, 0.3) is 5.70 Å². The summed E-state index contributed by atoms with van der Waals surface area (Å²) in [5.41, 5.74) is 3.16. The van der Waals surface area contributed by atoms with E-state index in [0.717, 1.165) is 55.1 Å². The summed E-state index contributed by atoms with van der Waals surface area (Å²) >= 11 is 0. The zero-order valence-electron chi connectivity index (χ0n) is 17.7. The van der Waals surface area contributed by atoms with Crippen LogP contribution in [0.1, 0.15) is 37.8 Å². The Morgan fingerprint density at radius 1 is 1.43 bits per heavy atom. The Kier molecular flexibility index (Phi) is 9.91. The molecule has 1 unspecified atom stereocenters. The van der Waals surface area contributed by atoms with Gasteiger partial charge in [-0.3, -0.25) is 0 Å². The lowest BCUT2D eigenvalue weighted by Crippen LogP contribution is -2.31. The molecular formula is C22H29B2FN3OP. The van der Waals surface area contributed by atoms with Gasteiger partial charge in [-0.1, -0.05) is 49.9 Å². The van der Waals surface area contributed by atoms with E-state index in [1.165, 1.54) is 11.5 Å². The summed E-state index contributed by atoms with van der Waals surface area (Å²) in [6.45, 7) is 8.66. The zero-order chi connectivity index (χ0) is 21.9. The molecule has 1 aromatic rings. The van der Waals surface area contributed by atoms with Crippen LogP contribution in [0.4, 0.5) is 4.39 Å². The van der Waals surface area contributed by atoms with E-state index >= 15 is 0 Å². The second-order valence-corrected chi connectivity index (χ2v) is 8.16. The zero-order valence-corrected chi connectivity index (χ0v) is 18.9. The van der Waals surface area contributed by atoms with Crippen LogP contribution in [0.3, 0.4) is 0 Å². The maximum absolute atomic E-state index is 13.5. The van der Waals surface area contributed by atoms with Gasteiger partial charge in [0.2, 0.25) is 13.2 Å². The van der Waals surface area contributed by atoms with Crippen LogP contribution in [0, 0.1) is 17.2 Å². The minimum atomic E-state index is -0.537. The molecule has 1 aliphatic carbocycles. The van der Waals surface area contributed by atoms with Gasteiger partial charge in [0, 0.05) is 5.31 Å². The second kappa shape index (κ2) is 12.4. The largest absolute Gasteiger partial charge is 0.489 e. The fourth-order valence-corrected chi connectivity index (χ4v) is 3.83. The van der Waals surface area contributed by atoms with E-state index in [2.05, 4.69) is 52.6 Å². The Hall–Kier alpha value is -2.31. The molecule has 1 N–H and O–H groups in total. The van der Waals surface area contributed by atoms with Crippen molar-refractivity contribution in [2.24, 2.45) is 0 Å². The van der Waals surface area contributed by atoms with Crippen molar-refractivity contribution >= 4 is 30.1 Å². The molecule has 0 aromatic carbocycles. The summed E-state index contributed by atoms with van der Waals surface area (Å²) in [5, 5.41) is 13.2. The first-order valence-electron chi connectivity index (χ1n) is 10.3. The minimum absolute atomic E-state index is 0.0777. The van der Waals surface area contributed by atoms with Crippen molar-refractivity contribution in [2.75, 3.05) is 6.61 Å². The highest BCUT2D eigenvalue weighted by Gasteiger charge is 2.17. The molecule has 2 rings (SSSR count). The third-order valence-electron chi connectivity index (χ3n) is 5.08. The lowest BCUT2D eigenvalue weighted by molar-refractivity contribution is 0.240. The number of unbranched alkanes of at least 4 members (excludes halogenated alkanes) is 1. The first-order valence-corrected chi connectivity index (χ1v) is 10.9. The van der Waals surface area contributed by atoms with E-state index in [1.807, 2.05) is 0 Å². The average molecular weight is 423 g/mol. The fraction of sp³-hybridized carbons (Fsp3) is 0.364. The molecule has 156 valence electrons. The molecule has 1 aromatic heterocycles. The quantitative estimate of drug-likeness (QED) is 0.184. The average Bonchev–Trinajstić information content (AvgIpc) is 2.72. The molecule has 2 atom stereocenters. The van der Waals surface area contributed by atoms with Gasteiger partial charge in [0.05, 0.1) is 17.4 Å². The number of nitriles is 1. The first kappa shape index (κ1) is 24.0. The molecule has 0 spiro atoms. The van der Waals surface area contributed by atoms with Crippen molar-refractivity contribution in [2.45, 2.75) is 44.5 Å². The highest BCUT2D eigenvalue weighted by atomic mass is 31.0. The van der Waals surface area contributed by atoms with Crippen molar-refractivity contribution in [3.8, 4) is 5.97 Å². The minimum Gasteiger partial charge on any atom is -0.489 e. The van der Waals surface area contributed by atoms with E-state index in [9.17, 15) is 4.39 Å². The number of allylic oxidation sites excluding steroid dienone is 3. The van der Waals surface area contributed by atoms with Gasteiger partial charge >= 0.3 is 0 Å². The van der Waals surface area contributed by atoms with Gasteiger partial charge in [-0.05, 0) is 42.9 Å². The van der Waals surface area contributed by atoms with Crippen molar-refractivity contribution < 1.29 is 9.13 Å².